The molecule has 0 radical (unpaired) electrons. The number of rotatable bonds is 4. The molecule has 0 N–H and O–H groups in total. The highest BCUT2D eigenvalue weighted by molar-refractivity contribution is 5.07. The number of hydrogen-bond acceptors (Lipinski definition) is 0. The van der Waals surface area contributed by atoms with Gasteiger partial charge in [-0.2, -0.15) is 0 Å². The van der Waals surface area contributed by atoms with Gasteiger partial charge in [0.1, 0.15) is 0 Å². The van der Waals surface area contributed by atoms with Crippen LogP contribution >= 0.6 is 0 Å². The van der Waals surface area contributed by atoms with Gasteiger partial charge in [-0.15, -0.1) is 0 Å². The summed E-state index contributed by atoms with van der Waals surface area (Å²) in [6.45, 7) is 4.65. The van der Waals surface area contributed by atoms with Gasteiger partial charge in [0.05, 0.1) is 0 Å². The molecular weight excluding hydrogens is 132 g/mol. The van der Waals surface area contributed by atoms with E-state index in [1.807, 2.05) is 0 Å². The molecule has 0 saturated heterocycles. The van der Waals surface area contributed by atoms with Crippen LogP contribution in [0, 0.1) is 5.92 Å². The second-order valence-corrected chi connectivity index (χ2v) is 3.85. The van der Waals surface area contributed by atoms with Crippen molar-refractivity contribution in [3.8, 4) is 0 Å². The molecule has 0 saturated carbocycles. The van der Waals surface area contributed by atoms with Crippen molar-refractivity contribution in [1.29, 1.82) is 0 Å². The molecule has 0 nitrogen and oxygen atoms in total. The highest BCUT2D eigenvalue weighted by Gasteiger charge is 2.08. The van der Waals surface area contributed by atoms with Crippen molar-refractivity contribution in [3.63, 3.8) is 0 Å². The summed E-state index contributed by atoms with van der Waals surface area (Å²) in [4.78, 5) is 0. The van der Waals surface area contributed by atoms with Gasteiger partial charge < -0.3 is 0 Å². The topological polar surface area (TPSA) is 0 Å². The number of allylic oxidation sites excluding steroid dienone is 2. The molecule has 1 aliphatic rings. The van der Waals surface area contributed by atoms with Gasteiger partial charge in [-0.25, -0.2) is 0 Å². The SMILES string of the molecule is CCCC(C)CC1=CCCC1. The van der Waals surface area contributed by atoms with Gasteiger partial charge in [0.2, 0.25) is 0 Å². The maximum atomic E-state index is 2.45. The number of hydrogen-bond donors (Lipinski definition) is 0. The van der Waals surface area contributed by atoms with Crippen molar-refractivity contribution in [2.45, 2.75) is 52.4 Å². The lowest BCUT2D eigenvalue weighted by Crippen LogP contribution is -1.94. The molecule has 1 atom stereocenters. The molecule has 1 aliphatic carbocycles. The van der Waals surface area contributed by atoms with Crippen LogP contribution in [0.3, 0.4) is 0 Å². The zero-order valence-electron chi connectivity index (χ0n) is 7.90. The zero-order chi connectivity index (χ0) is 8.10. The minimum Gasteiger partial charge on any atom is -0.0853 e. The molecule has 1 unspecified atom stereocenters. The smallest absolute Gasteiger partial charge is 0.0294 e. The Morgan fingerprint density at radius 3 is 2.91 bits per heavy atom. The van der Waals surface area contributed by atoms with E-state index < -0.39 is 0 Å². The molecule has 0 bridgehead atoms. The third-order valence-corrected chi connectivity index (χ3v) is 2.53. The Balaban J connectivity index is 2.18. The Morgan fingerprint density at radius 2 is 2.36 bits per heavy atom. The molecule has 0 amide bonds. The largest absolute Gasteiger partial charge is 0.0853 e. The van der Waals surface area contributed by atoms with Gasteiger partial charge in [-0.05, 0) is 31.6 Å². The average molecular weight is 152 g/mol. The van der Waals surface area contributed by atoms with Crippen molar-refractivity contribution >= 4 is 0 Å². The first kappa shape index (κ1) is 8.83. The van der Waals surface area contributed by atoms with Crippen molar-refractivity contribution in [1.82, 2.24) is 0 Å². The fourth-order valence-corrected chi connectivity index (χ4v) is 1.97. The van der Waals surface area contributed by atoms with Crippen molar-refractivity contribution in [2.75, 3.05) is 0 Å². The molecule has 0 aromatic rings. The normalized spacial score (nSPS) is 20.0. The van der Waals surface area contributed by atoms with Crippen LogP contribution < -0.4 is 0 Å². The lowest BCUT2D eigenvalue weighted by atomic mass is 9.97. The average Bonchev–Trinajstić information content (AvgIpc) is 2.40. The predicted octanol–water partition coefficient (Wildman–Crippen LogP) is 3.92. The summed E-state index contributed by atoms with van der Waals surface area (Å²) in [7, 11) is 0. The summed E-state index contributed by atoms with van der Waals surface area (Å²) in [6.07, 6.45) is 10.7. The molecule has 0 heteroatoms. The van der Waals surface area contributed by atoms with E-state index in [-0.39, 0.29) is 0 Å². The van der Waals surface area contributed by atoms with E-state index in [9.17, 15) is 0 Å². The second kappa shape index (κ2) is 4.58. The van der Waals surface area contributed by atoms with Crippen molar-refractivity contribution in [3.05, 3.63) is 11.6 Å². The molecule has 64 valence electrons. The van der Waals surface area contributed by atoms with Gasteiger partial charge in [-0.3, -0.25) is 0 Å². The molecule has 0 aromatic heterocycles. The second-order valence-electron chi connectivity index (χ2n) is 3.85. The maximum Gasteiger partial charge on any atom is -0.0294 e. The first-order chi connectivity index (χ1) is 5.33. The molecule has 0 heterocycles. The van der Waals surface area contributed by atoms with E-state index in [2.05, 4.69) is 19.9 Å². The third-order valence-electron chi connectivity index (χ3n) is 2.53. The molecular formula is C11H20. The minimum absolute atomic E-state index is 0.921. The summed E-state index contributed by atoms with van der Waals surface area (Å²) in [5.41, 5.74) is 1.73. The van der Waals surface area contributed by atoms with E-state index >= 15 is 0 Å². The first-order valence-electron chi connectivity index (χ1n) is 5.00. The van der Waals surface area contributed by atoms with Gasteiger partial charge in [-0.1, -0.05) is 38.3 Å². The van der Waals surface area contributed by atoms with Gasteiger partial charge in [0.25, 0.3) is 0 Å². The molecule has 0 aromatic carbocycles. The Hall–Kier alpha value is -0.260. The molecule has 1 rings (SSSR count). The fraction of sp³-hybridized carbons (Fsp3) is 0.818. The van der Waals surface area contributed by atoms with Gasteiger partial charge >= 0.3 is 0 Å². The van der Waals surface area contributed by atoms with Gasteiger partial charge in [0.15, 0.2) is 0 Å². The summed E-state index contributed by atoms with van der Waals surface area (Å²) in [5, 5.41) is 0. The highest BCUT2D eigenvalue weighted by atomic mass is 14.1. The molecule has 0 fully saturated rings. The maximum absolute atomic E-state index is 2.45. The quantitative estimate of drug-likeness (QED) is 0.535. The first-order valence-corrected chi connectivity index (χ1v) is 5.00. The Morgan fingerprint density at radius 1 is 1.55 bits per heavy atom. The van der Waals surface area contributed by atoms with E-state index in [4.69, 9.17) is 0 Å². The standard InChI is InChI=1S/C11H20/c1-3-6-10(2)9-11-7-4-5-8-11/h7,10H,3-6,8-9H2,1-2H3. The van der Waals surface area contributed by atoms with E-state index in [1.165, 1.54) is 38.5 Å². The van der Waals surface area contributed by atoms with E-state index in [0.29, 0.717) is 0 Å². The van der Waals surface area contributed by atoms with E-state index in [0.717, 1.165) is 5.92 Å². The summed E-state index contributed by atoms with van der Waals surface area (Å²) in [6, 6.07) is 0. The van der Waals surface area contributed by atoms with Crippen molar-refractivity contribution < 1.29 is 0 Å². The van der Waals surface area contributed by atoms with Crippen LogP contribution in [-0.4, -0.2) is 0 Å². The van der Waals surface area contributed by atoms with Crippen molar-refractivity contribution in [2.24, 2.45) is 5.92 Å². The summed E-state index contributed by atoms with van der Waals surface area (Å²) >= 11 is 0. The van der Waals surface area contributed by atoms with Crippen LogP contribution in [0.2, 0.25) is 0 Å². The highest BCUT2D eigenvalue weighted by Crippen LogP contribution is 2.25. The third kappa shape index (κ3) is 3.09. The van der Waals surface area contributed by atoms with Crippen LogP contribution in [0.1, 0.15) is 52.4 Å². The summed E-state index contributed by atoms with van der Waals surface area (Å²) < 4.78 is 0. The van der Waals surface area contributed by atoms with Crippen LogP contribution in [0.5, 0.6) is 0 Å². The van der Waals surface area contributed by atoms with Crippen LogP contribution in [0.25, 0.3) is 0 Å². The van der Waals surface area contributed by atoms with Gasteiger partial charge in [0, 0.05) is 0 Å². The minimum atomic E-state index is 0.921. The molecule has 0 aliphatic heterocycles. The fourth-order valence-electron chi connectivity index (χ4n) is 1.97. The van der Waals surface area contributed by atoms with Crippen LogP contribution in [-0.2, 0) is 0 Å². The summed E-state index contributed by atoms with van der Waals surface area (Å²) in [5.74, 6) is 0.921. The molecule has 11 heavy (non-hydrogen) atoms. The Kier molecular flexibility index (Phi) is 3.68. The zero-order valence-corrected chi connectivity index (χ0v) is 7.90. The molecule has 0 spiro atoms. The van der Waals surface area contributed by atoms with Crippen LogP contribution in [0.15, 0.2) is 11.6 Å². The van der Waals surface area contributed by atoms with Crippen LogP contribution in [0.4, 0.5) is 0 Å². The van der Waals surface area contributed by atoms with E-state index in [1.54, 1.807) is 5.57 Å². The lowest BCUT2D eigenvalue weighted by molar-refractivity contribution is 0.515. The Bertz CT molecular complexity index is 133. The lowest BCUT2D eigenvalue weighted by Gasteiger charge is -2.09. The monoisotopic (exact) mass is 152 g/mol. The Labute approximate surface area is 70.7 Å². The predicted molar refractivity (Wildman–Crippen MR) is 50.6 cm³/mol.